The molecular formula is C26H31ClFN3O4S. The zero-order valence-electron chi connectivity index (χ0n) is 20.4. The number of benzene rings is 2. The third-order valence-electron chi connectivity index (χ3n) is 6.08. The summed E-state index contributed by atoms with van der Waals surface area (Å²) in [7, 11) is -1.84. The second kappa shape index (κ2) is 13.0. The van der Waals surface area contributed by atoms with Crippen molar-refractivity contribution in [3.63, 3.8) is 0 Å². The van der Waals surface area contributed by atoms with Gasteiger partial charge in [-0.25, -0.2) is 4.39 Å². The van der Waals surface area contributed by atoms with Crippen molar-refractivity contribution in [2.75, 3.05) is 21.7 Å². The lowest BCUT2D eigenvalue weighted by Crippen LogP contribution is -2.52. The van der Waals surface area contributed by atoms with Crippen LogP contribution >= 0.6 is 11.6 Å². The first-order chi connectivity index (χ1) is 17.1. The third-order valence-corrected chi connectivity index (χ3v) is 7.52. The lowest BCUT2D eigenvalue weighted by atomic mass is 9.95. The van der Waals surface area contributed by atoms with Gasteiger partial charge in [0.05, 0.1) is 5.02 Å². The van der Waals surface area contributed by atoms with E-state index in [0.717, 1.165) is 43.7 Å². The quantitative estimate of drug-likeness (QED) is 0.499. The minimum absolute atomic E-state index is 0.0297. The van der Waals surface area contributed by atoms with Gasteiger partial charge in [0.2, 0.25) is 17.7 Å². The number of aryl methyl sites for hydroxylation is 1. The highest BCUT2D eigenvalue weighted by atomic mass is 35.5. The first-order valence-electron chi connectivity index (χ1n) is 11.9. The molecule has 0 bridgehead atoms. The number of carbonyl (C=O) groups is 3. The van der Waals surface area contributed by atoms with Gasteiger partial charge in [0, 0.05) is 28.2 Å². The van der Waals surface area contributed by atoms with Gasteiger partial charge in [-0.1, -0.05) is 48.6 Å². The molecule has 1 aliphatic rings. The summed E-state index contributed by atoms with van der Waals surface area (Å²) in [4.78, 5) is 39.8. The number of carbonyl (C=O) groups excluding carboxylic acids is 3. The van der Waals surface area contributed by atoms with E-state index in [-0.39, 0.29) is 28.4 Å². The molecule has 1 saturated carbocycles. The van der Waals surface area contributed by atoms with E-state index in [9.17, 15) is 23.0 Å². The molecule has 194 valence electrons. The maximum absolute atomic E-state index is 13.8. The molecule has 2 aromatic rings. The molecule has 0 unspecified atom stereocenters. The van der Waals surface area contributed by atoms with Gasteiger partial charge in [0.1, 0.15) is 23.4 Å². The molecule has 7 nitrogen and oxygen atoms in total. The topological polar surface area (TPSA) is 95.6 Å². The summed E-state index contributed by atoms with van der Waals surface area (Å²) < 4.78 is 26.5. The Hall–Kier alpha value is -2.78. The maximum Gasteiger partial charge on any atom is 0.243 e. The van der Waals surface area contributed by atoms with Crippen LogP contribution < -0.4 is 15.5 Å². The molecule has 10 heteroatoms. The van der Waals surface area contributed by atoms with E-state index in [1.807, 2.05) is 19.1 Å². The average Bonchev–Trinajstić information content (AvgIpc) is 2.83. The smallest absolute Gasteiger partial charge is 0.243 e. The number of anilines is 2. The molecule has 0 aromatic heterocycles. The first kappa shape index (κ1) is 27.8. The van der Waals surface area contributed by atoms with Crippen LogP contribution in [0.4, 0.5) is 15.8 Å². The molecule has 1 fully saturated rings. The normalized spacial score (nSPS) is 15.6. The van der Waals surface area contributed by atoms with E-state index in [0.29, 0.717) is 5.69 Å². The van der Waals surface area contributed by atoms with E-state index >= 15 is 0 Å². The average molecular weight is 536 g/mol. The molecule has 2 N–H and O–H groups in total. The summed E-state index contributed by atoms with van der Waals surface area (Å²) in [6.07, 6.45) is 4.92. The third kappa shape index (κ3) is 7.86. The Morgan fingerprint density at radius 3 is 2.39 bits per heavy atom. The van der Waals surface area contributed by atoms with Crippen LogP contribution in [0.3, 0.4) is 0 Å². The number of nitrogens with zero attached hydrogens (tertiary/aromatic N) is 1. The van der Waals surface area contributed by atoms with Gasteiger partial charge in [-0.2, -0.15) is 0 Å². The van der Waals surface area contributed by atoms with E-state index < -0.39 is 40.2 Å². The van der Waals surface area contributed by atoms with Crippen molar-refractivity contribution in [3.05, 3.63) is 58.9 Å². The van der Waals surface area contributed by atoms with Crippen molar-refractivity contribution in [1.82, 2.24) is 5.32 Å². The van der Waals surface area contributed by atoms with Crippen molar-refractivity contribution in [1.29, 1.82) is 0 Å². The predicted molar refractivity (Wildman–Crippen MR) is 141 cm³/mol. The Labute approximate surface area is 218 Å². The van der Waals surface area contributed by atoms with Gasteiger partial charge in [-0.15, -0.1) is 0 Å². The molecule has 0 aliphatic heterocycles. The Morgan fingerprint density at radius 1 is 1.08 bits per heavy atom. The van der Waals surface area contributed by atoms with E-state index in [4.69, 9.17) is 11.6 Å². The van der Waals surface area contributed by atoms with Crippen LogP contribution in [0.25, 0.3) is 0 Å². The molecule has 2 atom stereocenters. The minimum atomic E-state index is -1.84. The molecule has 36 heavy (non-hydrogen) atoms. The van der Waals surface area contributed by atoms with Crippen LogP contribution in [0, 0.1) is 12.7 Å². The second-order valence-corrected chi connectivity index (χ2v) is 10.9. The highest BCUT2D eigenvalue weighted by molar-refractivity contribution is 7.86. The summed E-state index contributed by atoms with van der Waals surface area (Å²) in [5.74, 6) is -3.03. The Bertz CT molecular complexity index is 1120. The largest absolute Gasteiger partial charge is 0.352 e. The van der Waals surface area contributed by atoms with Gasteiger partial charge in [-0.3, -0.25) is 23.5 Å². The van der Waals surface area contributed by atoms with Crippen LogP contribution in [0.5, 0.6) is 0 Å². The highest BCUT2D eigenvalue weighted by Gasteiger charge is 2.30. The maximum atomic E-state index is 13.8. The zero-order chi connectivity index (χ0) is 26.2. The Balaban J connectivity index is 1.70. The number of rotatable bonds is 9. The fraction of sp³-hybridized carbons (Fsp3) is 0.423. The standard InChI is InChI=1S/C26H31ClFN3O4S/c1-17-8-10-20(11-9-17)29-24(32)15-36(35)16-25(33)31(21-12-13-23(28)22(27)14-21)18(2)26(34)30-19-6-4-3-5-7-19/h8-14,18-19H,3-7,15-16H2,1-2H3,(H,29,32)(H,30,34)/t18-,36-/m1/s1. The summed E-state index contributed by atoms with van der Waals surface area (Å²) in [6, 6.07) is 9.91. The van der Waals surface area contributed by atoms with Gasteiger partial charge in [0.15, 0.2) is 0 Å². The summed E-state index contributed by atoms with van der Waals surface area (Å²) in [6.45, 7) is 3.48. The second-order valence-electron chi connectivity index (χ2n) is 9.02. The fourth-order valence-electron chi connectivity index (χ4n) is 4.14. The van der Waals surface area contributed by atoms with Crippen molar-refractivity contribution < 1.29 is 23.0 Å². The molecule has 3 amide bonds. The highest BCUT2D eigenvalue weighted by Crippen LogP contribution is 2.25. The molecule has 1 aliphatic carbocycles. The van der Waals surface area contributed by atoms with Gasteiger partial charge < -0.3 is 10.6 Å². The van der Waals surface area contributed by atoms with Crippen molar-refractivity contribution >= 4 is 51.5 Å². The summed E-state index contributed by atoms with van der Waals surface area (Å²) >= 11 is 5.94. The molecule has 0 heterocycles. The summed E-state index contributed by atoms with van der Waals surface area (Å²) in [5, 5.41) is 5.44. The number of nitrogens with one attached hydrogen (secondary N) is 2. The molecular weight excluding hydrogens is 505 g/mol. The van der Waals surface area contributed by atoms with Crippen LogP contribution in [-0.2, 0) is 25.2 Å². The minimum Gasteiger partial charge on any atom is -0.352 e. The lowest BCUT2D eigenvalue weighted by Gasteiger charge is -2.31. The van der Waals surface area contributed by atoms with Crippen LogP contribution in [-0.4, -0.2) is 45.5 Å². The van der Waals surface area contributed by atoms with E-state index in [1.165, 1.54) is 17.0 Å². The van der Waals surface area contributed by atoms with Crippen LogP contribution in [0.2, 0.25) is 5.02 Å². The SMILES string of the molecule is Cc1ccc(NC(=O)C[S@@](=O)CC(=O)N(c2ccc(F)c(Cl)c2)[C@H](C)C(=O)NC2CCCCC2)cc1. The monoisotopic (exact) mass is 535 g/mol. The predicted octanol–water partition coefficient (Wildman–Crippen LogP) is 4.35. The number of hydrogen-bond acceptors (Lipinski definition) is 4. The lowest BCUT2D eigenvalue weighted by molar-refractivity contribution is -0.126. The summed E-state index contributed by atoms with van der Waals surface area (Å²) in [5.41, 5.74) is 1.80. The molecule has 0 saturated heterocycles. The van der Waals surface area contributed by atoms with Crippen molar-refractivity contribution in [2.45, 2.75) is 58.0 Å². The fourth-order valence-corrected chi connectivity index (χ4v) is 5.20. The number of halogens is 2. The molecule has 2 aromatic carbocycles. The first-order valence-corrected chi connectivity index (χ1v) is 13.8. The van der Waals surface area contributed by atoms with Crippen molar-refractivity contribution in [3.8, 4) is 0 Å². The van der Waals surface area contributed by atoms with Crippen molar-refractivity contribution in [2.24, 2.45) is 0 Å². The Morgan fingerprint density at radius 2 is 1.75 bits per heavy atom. The van der Waals surface area contributed by atoms with E-state index in [2.05, 4.69) is 10.6 Å². The van der Waals surface area contributed by atoms with Crippen LogP contribution in [0.1, 0.15) is 44.6 Å². The zero-order valence-corrected chi connectivity index (χ0v) is 22.0. The molecule has 0 radical (unpaired) electrons. The van der Waals surface area contributed by atoms with Gasteiger partial charge in [-0.05, 0) is 57.0 Å². The molecule has 0 spiro atoms. The van der Waals surface area contributed by atoms with E-state index in [1.54, 1.807) is 19.1 Å². The Kier molecular flexibility index (Phi) is 10.0. The van der Waals surface area contributed by atoms with Gasteiger partial charge in [0.25, 0.3) is 0 Å². The van der Waals surface area contributed by atoms with Crippen LogP contribution in [0.15, 0.2) is 42.5 Å². The number of hydrogen-bond donors (Lipinski definition) is 2. The number of amides is 3. The van der Waals surface area contributed by atoms with Gasteiger partial charge >= 0.3 is 0 Å². The molecule has 3 rings (SSSR count).